The maximum atomic E-state index is 13.8. The summed E-state index contributed by atoms with van der Waals surface area (Å²) in [4.78, 5) is 37.3. The number of unbranched alkanes of at least 4 members (excludes halogenated alkanes) is 1. The van der Waals surface area contributed by atoms with Crippen LogP contribution in [0.1, 0.15) is 61.5 Å². The summed E-state index contributed by atoms with van der Waals surface area (Å²) in [6.07, 6.45) is 3.21. The smallest absolute Gasteiger partial charge is 0.291 e. The van der Waals surface area contributed by atoms with Gasteiger partial charge in [0.2, 0.25) is 11.7 Å². The first kappa shape index (κ1) is 33.2. The van der Waals surface area contributed by atoms with Crippen molar-refractivity contribution in [2.45, 2.75) is 65.0 Å². The Morgan fingerprint density at radius 1 is 1.00 bits per heavy atom. The molecule has 0 saturated carbocycles. The molecule has 0 radical (unpaired) electrons. The number of nitrogens with zero attached hydrogens (tertiary/aromatic N) is 5. The van der Waals surface area contributed by atoms with Crippen LogP contribution < -0.4 is 16.8 Å². The maximum absolute atomic E-state index is 13.8. The summed E-state index contributed by atoms with van der Waals surface area (Å²) >= 11 is 18.3. The van der Waals surface area contributed by atoms with Gasteiger partial charge in [-0.25, -0.2) is 9.67 Å². The molecule has 42 heavy (non-hydrogen) atoms. The molecular formula is C29H37Cl3N8O2. The quantitative estimate of drug-likeness (QED) is 0.130. The number of hydrogen-bond donors (Lipinski definition) is 3. The van der Waals surface area contributed by atoms with Crippen molar-refractivity contribution in [2.24, 2.45) is 16.5 Å². The van der Waals surface area contributed by atoms with Crippen LogP contribution in [0.2, 0.25) is 15.1 Å². The highest BCUT2D eigenvalue weighted by molar-refractivity contribution is 6.34. The summed E-state index contributed by atoms with van der Waals surface area (Å²) in [5, 5.41) is 8.78. The van der Waals surface area contributed by atoms with Crippen LogP contribution in [-0.4, -0.2) is 62.6 Å². The number of nitrogens with one attached hydrogen (secondary N) is 1. The molecule has 2 amide bonds. The Bertz CT molecular complexity index is 1370. The number of hydrogen-bond acceptors (Lipinski definition) is 5. The molecule has 1 unspecified atom stereocenters. The van der Waals surface area contributed by atoms with E-state index in [9.17, 15) is 9.59 Å². The number of guanidine groups is 1. The van der Waals surface area contributed by atoms with E-state index in [2.05, 4.69) is 20.4 Å². The van der Waals surface area contributed by atoms with Gasteiger partial charge >= 0.3 is 0 Å². The van der Waals surface area contributed by atoms with Crippen LogP contribution in [0.3, 0.4) is 0 Å². The highest BCUT2D eigenvalue weighted by Gasteiger charge is 2.29. The lowest BCUT2D eigenvalue weighted by molar-refractivity contribution is -0.135. The normalized spacial score (nSPS) is 11.8. The van der Waals surface area contributed by atoms with Crippen LogP contribution in [-0.2, 0) is 11.2 Å². The van der Waals surface area contributed by atoms with E-state index in [1.165, 1.54) is 4.68 Å². The first-order valence-corrected chi connectivity index (χ1v) is 14.9. The zero-order valence-corrected chi connectivity index (χ0v) is 26.3. The first-order valence-electron chi connectivity index (χ1n) is 13.8. The Labute approximate surface area is 261 Å². The fraction of sp³-hybridized carbons (Fsp3) is 0.414. The lowest BCUT2D eigenvalue weighted by Gasteiger charge is -2.31. The van der Waals surface area contributed by atoms with Gasteiger partial charge in [0.1, 0.15) is 11.9 Å². The summed E-state index contributed by atoms with van der Waals surface area (Å²) in [5.74, 6) is -0.322. The summed E-state index contributed by atoms with van der Waals surface area (Å²) in [7, 11) is 0. The molecule has 1 aromatic heterocycles. The summed E-state index contributed by atoms with van der Waals surface area (Å²) in [5.41, 5.74) is 12.6. The highest BCUT2D eigenvalue weighted by Crippen LogP contribution is 2.22. The van der Waals surface area contributed by atoms with Gasteiger partial charge < -0.3 is 21.7 Å². The van der Waals surface area contributed by atoms with Crippen molar-refractivity contribution in [3.63, 3.8) is 0 Å². The Morgan fingerprint density at radius 3 is 2.29 bits per heavy atom. The third kappa shape index (κ3) is 9.89. The standard InChI is InChI=1S/C29H37Cl3N8O2/c1-18(2)39(14-6-7-20-9-11-21(30)12-10-20)28(42)25(8-4-5-13-35-29(33)34)37-27(41)26-36-19(3)40(38-26)24-16-22(31)15-23(32)17-24/h9-12,15-18,25H,4-8,13-14H2,1-3H3,(H,37,41)(H4,33,34,35). The molecule has 226 valence electrons. The number of halogens is 3. The topological polar surface area (TPSA) is 145 Å². The molecule has 3 rings (SSSR count). The van der Waals surface area contributed by atoms with E-state index in [0.29, 0.717) is 58.9 Å². The maximum Gasteiger partial charge on any atom is 0.291 e. The van der Waals surface area contributed by atoms with E-state index in [-0.39, 0.29) is 23.7 Å². The number of aryl methyl sites for hydroxylation is 2. The fourth-order valence-corrected chi connectivity index (χ4v) is 5.11. The number of carbonyl (C=O) groups excluding carboxylic acids is 2. The molecule has 1 heterocycles. The van der Waals surface area contributed by atoms with Crippen molar-refractivity contribution >= 4 is 52.6 Å². The molecule has 0 saturated heterocycles. The number of rotatable bonds is 14. The van der Waals surface area contributed by atoms with E-state index >= 15 is 0 Å². The number of carbonyl (C=O) groups is 2. The predicted molar refractivity (Wildman–Crippen MR) is 169 cm³/mol. The number of aromatic nitrogens is 3. The van der Waals surface area contributed by atoms with E-state index in [0.717, 1.165) is 18.4 Å². The zero-order valence-electron chi connectivity index (χ0n) is 24.0. The van der Waals surface area contributed by atoms with Crippen LogP contribution in [0.4, 0.5) is 0 Å². The monoisotopic (exact) mass is 634 g/mol. The van der Waals surface area contributed by atoms with Crippen molar-refractivity contribution < 1.29 is 9.59 Å². The average molecular weight is 636 g/mol. The molecular weight excluding hydrogens is 599 g/mol. The molecule has 2 aromatic carbocycles. The minimum atomic E-state index is -0.789. The molecule has 10 nitrogen and oxygen atoms in total. The first-order chi connectivity index (χ1) is 19.9. The molecule has 0 aliphatic carbocycles. The Morgan fingerprint density at radius 2 is 1.67 bits per heavy atom. The molecule has 3 aromatic rings. The van der Waals surface area contributed by atoms with Crippen molar-refractivity contribution in [1.29, 1.82) is 0 Å². The summed E-state index contributed by atoms with van der Waals surface area (Å²) in [6, 6.07) is 11.8. The molecule has 0 aliphatic rings. The van der Waals surface area contributed by atoms with Crippen molar-refractivity contribution in [2.75, 3.05) is 13.1 Å². The van der Waals surface area contributed by atoms with Gasteiger partial charge in [0.15, 0.2) is 5.96 Å². The third-order valence-corrected chi connectivity index (χ3v) is 7.24. The molecule has 13 heteroatoms. The number of nitrogens with two attached hydrogens (primary N) is 2. The molecule has 0 fully saturated rings. The van der Waals surface area contributed by atoms with Crippen LogP contribution in [0.25, 0.3) is 5.69 Å². The molecule has 0 spiro atoms. The second-order valence-corrected chi connectivity index (χ2v) is 11.5. The average Bonchev–Trinajstić information content (AvgIpc) is 3.31. The Hall–Kier alpha value is -3.34. The van der Waals surface area contributed by atoms with Crippen LogP contribution in [0.15, 0.2) is 47.5 Å². The largest absolute Gasteiger partial charge is 0.370 e. The Kier molecular flexibility index (Phi) is 12.4. The minimum absolute atomic E-state index is 0.0145. The van der Waals surface area contributed by atoms with E-state index in [1.54, 1.807) is 30.0 Å². The number of amides is 2. The second-order valence-electron chi connectivity index (χ2n) is 10.2. The van der Waals surface area contributed by atoms with Gasteiger partial charge in [0.25, 0.3) is 5.91 Å². The van der Waals surface area contributed by atoms with Gasteiger partial charge in [-0.1, -0.05) is 46.9 Å². The van der Waals surface area contributed by atoms with Gasteiger partial charge in [-0.05, 0) is 88.8 Å². The lowest BCUT2D eigenvalue weighted by Crippen LogP contribution is -2.51. The number of benzene rings is 2. The van der Waals surface area contributed by atoms with Gasteiger partial charge in [0.05, 0.1) is 5.69 Å². The van der Waals surface area contributed by atoms with Crippen LogP contribution in [0.5, 0.6) is 0 Å². The Balaban J connectivity index is 1.76. The van der Waals surface area contributed by atoms with Gasteiger partial charge in [-0.2, -0.15) is 0 Å². The zero-order chi connectivity index (χ0) is 30.8. The van der Waals surface area contributed by atoms with E-state index < -0.39 is 11.9 Å². The van der Waals surface area contributed by atoms with Crippen molar-refractivity contribution in [1.82, 2.24) is 25.0 Å². The summed E-state index contributed by atoms with van der Waals surface area (Å²) < 4.78 is 1.48. The molecule has 1 atom stereocenters. The fourth-order valence-electron chi connectivity index (χ4n) is 4.47. The van der Waals surface area contributed by atoms with E-state index in [4.69, 9.17) is 46.3 Å². The third-order valence-electron chi connectivity index (χ3n) is 6.55. The van der Waals surface area contributed by atoms with Crippen LogP contribution in [0, 0.1) is 6.92 Å². The van der Waals surface area contributed by atoms with Gasteiger partial charge in [-0.15, -0.1) is 5.10 Å². The molecule has 0 bridgehead atoms. The lowest BCUT2D eigenvalue weighted by atomic mass is 10.1. The molecule has 5 N–H and O–H groups in total. The predicted octanol–water partition coefficient (Wildman–Crippen LogP) is 4.95. The molecule has 0 aliphatic heterocycles. The highest BCUT2D eigenvalue weighted by atomic mass is 35.5. The SMILES string of the molecule is Cc1nc(C(=O)NC(CCCCN=C(N)N)C(=O)N(CCCc2ccc(Cl)cc2)C(C)C)nn1-c1cc(Cl)cc(Cl)c1. The van der Waals surface area contributed by atoms with Gasteiger partial charge in [0, 0.05) is 34.2 Å². The van der Waals surface area contributed by atoms with Crippen molar-refractivity contribution in [3.05, 3.63) is 74.7 Å². The van der Waals surface area contributed by atoms with Crippen LogP contribution >= 0.6 is 34.8 Å². The van der Waals surface area contributed by atoms with E-state index in [1.807, 2.05) is 38.1 Å². The summed E-state index contributed by atoms with van der Waals surface area (Å²) in [6.45, 7) is 6.59. The van der Waals surface area contributed by atoms with Gasteiger partial charge in [-0.3, -0.25) is 14.6 Å². The second kappa shape index (κ2) is 15.8. The van der Waals surface area contributed by atoms with Crippen molar-refractivity contribution in [3.8, 4) is 5.69 Å². The minimum Gasteiger partial charge on any atom is -0.370 e. The number of aliphatic imine (C=N–C) groups is 1.